The Kier molecular flexibility index (Phi) is 6.55. The molecule has 4 rings (SSSR count). The van der Waals surface area contributed by atoms with Crippen molar-refractivity contribution in [2.45, 2.75) is 32.9 Å². The highest BCUT2D eigenvalue weighted by molar-refractivity contribution is 5.98. The molecule has 3 aromatic rings. The van der Waals surface area contributed by atoms with Crippen LogP contribution in [0.5, 0.6) is 17.2 Å². The highest BCUT2D eigenvalue weighted by atomic mass is 16.5. The number of methoxy groups -OCH3 is 3. The van der Waals surface area contributed by atoms with Crippen molar-refractivity contribution in [3.8, 4) is 17.2 Å². The molecular weight excluding hydrogens is 408 g/mol. The summed E-state index contributed by atoms with van der Waals surface area (Å²) in [6.07, 6.45) is 1.80. The molecule has 0 fully saturated rings. The highest BCUT2D eigenvalue weighted by Gasteiger charge is 2.22. The molecule has 1 amide bonds. The Bertz CT molecular complexity index is 1120. The summed E-state index contributed by atoms with van der Waals surface area (Å²) in [5.74, 6) is 2.24. The first kappa shape index (κ1) is 22.0. The van der Waals surface area contributed by atoms with Crippen LogP contribution in [0.3, 0.4) is 0 Å². The van der Waals surface area contributed by atoms with Crippen molar-refractivity contribution in [2.24, 2.45) is 0 Å². The van der Waals surface area contributed by atoms with E-state index in [9.17, 15) is 4.79 Å². The van der Waals surface area contributed by atoms with Crippen LogP contribution in [0.1, 0.15) is 40.6 Å². The number of rotatable bonds is 8. The SMILES string of the molecule is CCCNC(=O)c1cc2c(CN3CCc4cc(OC)c(OC)cc4C3)ccc(OC)c2o1. The van der Waals surface area contributed by atoms with E-state index < -0.39 is 0 Å². The number of hydrogen-bond donors (Lipinski definition) is 1. The molecule has 0 saturated carbocycles. The van der Waals surface area contributed by atoms with Crippen LogP contribution in [0.15, 0.2) is 34.7 Å². The van der Waals surface area contributed by atoms with Crippen molar-refractivity contribution in [1.82, 2.24) is 10.2 Å². The molecule has 170 valence electrons. The fourth-order valence-corrected chi connectivity index (χ4v) is 4.21. The van der Waals surface area contributed by atoms with Crippen LogP contribution in [-0.4, -0.2) is 45.2 Å². The summed E-state index contributed by atoms with van der Waals surface area (Å²) in [6.45, 7) is 5.11. The van der Waals surface area contributed by atoms with Gasteiger partial charge in [0.1, 0.15) is 0 Å². The Balaban J connectivity index is 1.60. The normalized spacial score (nSPS) is 13.6. The molecular formula is C25H30N2O5. The van der Waals surface area contributed by atoms with Gasteiger partial charge in [0.2, 0.25) is 0 Å². The summed E-state index contributed by atoms with van der Waals surface area (Å²) >= 11 is 0. The third-order valence-electron chi connectivity index (χ3n) is 5.91. The summed E-state index contributed by atoms with van der Waals surface area (Å²) < 4.78 is 22.3. The van der Waals surface area contributed by atoms with Crippen molar-refractivity contribution in [2.75, 3.05) is 34.4 Å². The largest absolute Gasteiger partial charge is 0.493 e. The maximum absolute atomic E-state index is 12.4. The lowest BCUT2D eigenvalue weighted by molar-refractivity contribution is 0.0928. The summed E-state index contributed by atoms with van der Waals surface area (Å²) in [6, 6.07) is 9.92. The van der Waals surface area contributed by atoms with Crippen LogP contribution in [0.25, 0.3) is 11.0 Å². The first-order valence-electron chi connectivity index (χ1n) is 10.9. The maximum atomic E-state index is 12.4. The average molecular weight is 439 g/mol. The van der Waals surface area contributed by atoms with Crippen molar-refractivity contribution < 1.29 is 23.4 Å². The van der Waals surface area contributed by atoms with E-state index in [2.05, 4.69) is 28.4 Å². The maximum Gasteiger partial charge on any atom is 0.287 e. The third kappa shape index (κ3) is 4.25. The van der Waals surface area contributed by atoms with Gasteiger partial charge in [-0.15, -0.1) is 0 Å². The van der Waals surface area contributed by atoms with Gasteiger partial charge < -0.3 is 23.9 Å². The van der Waals surface area contributed by atoms with Crippen LogP contribution in [-0.2, 0) is 19.5 Å². The summed E-state index contributed by atoms with van der Waals surface area (Å²) in [5.41, 5.74) is 4.24. The van der Waals surface area contributed by atoms with Gasteiger partial charge in [-0.25, -0.2) is 0 Å². The molecule has 1 aliphatic heterocycles. The van der Waals surface area contributed by atoms with E-state index >= 15 is 0 Å². The predicted molar refractivity (Wildman–Crippen MR) is 123 cm³/mol. The molecule has 0 spiro atoms. The number of furan rings is 1. The monoisotopic (exact) mass is 438 g/mol. The molecule has 0 aliphatic carbocycles. The van der Waals surface area contributed by atoms with Crippen molar-refractivity contribution in [3.63, 3.8) is 0 Å². The second-order valence-corrected chi connectivity index (χ2v) is 7.97. The number of amides is 1. The minimum Gasteiger partial charge on any atom is -0.493 e. The van der Waals surface area contributed by atoms with Crippen LogP contribution >= 0.6 is 0 Å². The Morgan fingerprint density at radius 3 is 2.44 bits per heavy atom. The molecule has 7 heteroatoms. The van der Waals surface area contributed by atoms with E-state index in [4.69, 9.17) is 18.6 Å². The zero-order valence-corrected chi connectivity index (χ0v) is 19.1. The zero-order valence-electron chi connectivity index (χ0n) is 19.1. The first-order chi connectivity index (χ1) is 15.6. The molecule has 0 saturated heterocycles. The summed E-state index contributed by atoms with van der Waals surface area (Å²) in [5, 5.41) is 3.78. The molecule has 0 radical (unpaired) electrons. The number of nitrogens with zero attached hydrogens (tertiary/aromatic N) is 1. The molecule has 1 aromatic heterocycles. The van der Waals surface area contributed by atoms with Crippen LogP contribution in [0, 0.1) is 0 Å². The summed E-state index contributed by atoms with van der Waals surface area (Å²) in [7, 11) is 4.93. The van der Waals surface area contributed by atoms with E-state index in [0.29, 0.717) is 23.6 Å². The lowest BCUT2D eigenvalue weighted by Gasteiger charge is -2.29. The number of benzene rings is 2. The highest BCUT2D eigenvalue weighted by Crippen LogP contribution is 2.35. The van der Waals surface area contributed by atoms with Crippen molar-refractivity contribution in [3.05, 3.63) is 52.8 Å². The van der Waals surface area contributed by atoms with Crippen LogP contribution in [0.2, 0.25) is 0 Å². The van der Waals surface area contributed by atoms with Gasteiger partial charge >= 0.3 is 0 Å². The fourth-order valence-electron chi connectivity index (χ4n) is 4.21. The molecule has 2 heterocycles. The molecule has 32 heavy (non-hydrogen) atoms. The average Bonchev–Trinajstić information content (AvgIpc) is 3.28. The third-order valence-corrected chi connectivity index (χ3v) is 5.91. The number of nitrogens with one attached hydrogen (secondary N) is 1. The predicted octanol–water partition coefficient (Wildman–Crippen LogP) is 4.16. The standard InChI is InChI=1S/C25H30N2O5/c1-5-9-26-25(28)23-13-19-17(6-7-20(29-2)24(19)32-23)14-27-10-8-16-11-21(30-3)22(31-4)12-18(16)15-27/h6-7,11-13H,5,8-10,14-15H2,1-4H3,(H,26,28). The van der Waals surface area contributed by atoms with E-state index in [1.165, 1.54) is 11.1 Å². The van der Waals surface area contributed by atoms with E-state index in [0.717, 1.165) is 54.9 Å². The van der Waals surface area contributed by atoms with E-state index in [1.54, 1.807) is 21.3 Å². The van der Waals surface area contributed by atoms with E-state index in [1.807, 2.05) is 19.1 Å². The Morgan fingerprint density at radius 1 is 1.03 bits per heavy atom. The van der Waals surface area contributed by atoms with Gasteiger partial charge in [0.15, 0.2) is 28.6 Å². The van der Waals surface area contributed by atoms with Gasteiger partial charge in [0.25, 0.3) is 5.91 Å². The Hall–Kier alpha value is -3.19. The van der Waals surface area contributed by atoms with E-state index in [-0.39, 0.29) is 5.91 Å². The smallest absolute Gasteiger partial charge is 0.287 e. The fraction of sp³-hybridized carbons (Fsp3) is 0.400. The molecule has 0 atom stereocenters. The minimum atomic E-state index is -0.205. The molecule has 1 N–H and O–H groups in total. The topological polar surface area (TPSA) is 73.2 Å². The van der Waals surface area contributed by atoms with Crippen LogP contribution < -0.4 is 19.5 Å². The molecule has 1 aliphatic rings. The Labute approximate surface area is 188 Å². The van der Waals surface area contributed by atoms with Gasteiger partial charge in [-0.3, -0.25) is 9.69 Å². The molecule has 7 nitrogen and oxygen atoms in total. The van der Waals surface area contributed by atoms with Crippen LogP contribution in [0.4, 0.5) is 0 Å². The molecule has 0 bridgehead atoms. The van der Waals surface area contributed by atoms with Gasteiger partial charge in [-0.2, -0.15) is 0 Å². The second kappa shape index (κ2) is 9.53. The lowest BCUT2D eigenvalue weighted by Crippen LogP contribution is -2.30. The van der Waals surface area contributed by atoms with Crippen molar-refractivity contribution in [1.29, 1.82) is 0 Å². The first-order valence-corrected chi connectivity index (χ1v) is 10.9. The number of fused-ring (bicyclic) bond motifs is 2. The number of ether oxygens (including phenoxy) is 3. The van der Waals surface area contributed by atoms with Gasteiger partial charge in [0, 0.05) is 31.6 Å². The van der Waals surface area contributed by atoms with Gasteiger partial charge in [0.05, 0.1) is 21.3 Å². The number of carbonyl (C=O) groups is 1. The minimum absolute atomic E-state index is 0.205. The molecule has 0 unspecified atom stereocenters. The zero-order chi connectivity index (χ0) is 22.7. The summed E-state index contributed by atoms with van der Waals surface area (Å²) in [4.78, 5) is 14.8. The van der Waals surface area contributed by atoms with Gasteiger partial charge in [-0.1, -0.05) is 13.0 Å². The lowest BCUT2D eigenvalue weighted by atomic mass is 9.98. The molecule has 2 aromatic carbocycles. The van der Waals surface area contributed by atoms with Crippen molar-refractivity contribution >= 4 is 16.9 Å². The Morgan fingerprint density at radius 2 is 1.75 bits per heavy atom. The number of hydrogen-bond acceptors (Lipinski definition) is 6. The second-order valence-electron chi connectivity index (χ2n) is 7.97. The van der Waals surface area contributed by atoms with Gasteiger partial charge in [-0.05, 0) is 53.8 Å². The quantitative estimate of drug-likeness (QED) is 0.569. The number of carbonyl (C=O) groups excluding carboxylic acids is 1.